The van der Waals surface area contributed by atoms with Crippen molar-refractivity contribution in [3.05, 3.63) is 53.6 Å². The lowest BCUT2D eigenvalue weighted by atomic mass is 10.1. The highest BCUT2D eigenvalue weighted by atomic mass is 16.5. The van der Waals surface area contributed by atoms with Crippen LogP contribution >= 0.6 is 0 Å². The molecule has 0 aliphatic heterocycles. The van der Waals surface area contributed by atoms with Crippen molar-refractivity contribution in [3.8, 4) is 11.5 Å². The Morgan fingerprint density at radius 2 is 1.72 bits per heavy atom. The van der Waals surface area contributed by atoms with Gasteiger partial charge in [-0.1, -0.05) is 26.0 Å². The van der Waals surface area contributed by atoms with Gasteiger partial charge in [-0.3, -0.25) is 9.69 Å². The molecule has 2 aromatic carbocycles. The molecule has 2 aromatic rings. The molecular formula is C20H26N2O3. The monoisotopic (exact) mass is 342 g/mol. The Bertz CT molecular complexity index is 712. The van der Waals surface area contributed by atoms with Crippen LogP contribution in [0.1, 0.15) is 29.8 Å². The lowest BCUT2D eigenvalue weighted by Crippen LogP contribution is -2.22. The summed E-state index contributed by atoms with van der Waals surface area (Å²) in [5, 5.41) is 2.94. The van der Waals surface area contributed by atoms with Crippen molar-refractivity contribution in [2.24, 2.45) is 0 Å². The molecule has 0 heterocycles. The molecule has 0 atom stereocenters. The zero-order valence-corrected chi connectivity index (χ0v) is 15.3. The number of rotatable bonds is 8. The Morgan fingerprint density at radius 3 is 2.36 bits per heavy atom. The number of nitrogens with one attached hydrogen (secondary N) is 1. The van der Waals surface area contributed by atoms with Crippen LogP contribution < -0.4 is 14.8 Å². The van der Waals surface area contributed by atoms with Gasteiger partial charge in [-0.15, -0.1) is 0 Å². The van der Waals surface area contributed by atoms with Crippen molar-refractivity contribution in [1.82, 2.24) is 4.90 Å². The highest BCUT2D eigenvalue weighted by Gasteiger charge is 2.11. The minimum absolute atomic E-state index is 0.180. The topological polar surface area (TPSA) is 50.8 Å². The third kappa shape index (κ3) is 4.97. The lowest BCUT2D eigenvalue weighted by Gasteiger charge is -2.18. The average Bonchev–Trinajstić information content (AvgIpc) is 2.65. The van der Waals surface area contributed by atoms with Crippen molar-refractivity contribution in [2.75, 3.05) is 32.6 Å². The summed E-state index contributed by atoms with van der Waals surface area (Å²) in [6, 6.07) is 13.1. The Kier molecular flexibility index (Phi) is 6.83. The van der Waals surface area contributed by atoms with Crippen LogP contribution in [-0.2, 0) is 6.54 Å². The third-order valence-corrected chi connectivity index (χ3v) is 4.13. The quantitative estimate of drug-likeness (QED) is 0.793. The molecule has 0 aliphatic rings. The number of nitrogens with zero attached hydrogens (tertiary/aromatic N) is 1. The van der Waals surface area contributed by atoms with E-state index in [2.05, 4.69) is 30.1 Å². The molecule has 0 aromatic heterocycles. The van der Waals surface area contributed by atoms with Gasteiger partial charge in [0.05, 0.1) is 14.2 Å². The molecule has 0 radical (unpaired) electrons. The maximum Gasteiger partial charge on any atom is 0.255 e. The van der Waals surface area contributed by atoms with E-state index in [1.54, 1.807) is 32.4 Å². The summed E-state index contributed by atoms with van der Waals surface area (Å²) >= 11 is 0. The summed E-state index contributed by atoms with van der Waals surface area (Å²) in [5.41, 5.74) is 2.48. The SMILES string of the molecule is CCN(CC)Cc1cccc(NC(=O)c2ccc(OC)c(OC)c2)c1. The molecule has 134 valence electrons. The van der Waals surface area contributed by atoms with Gasteiger partial charge in [0.1, 0.15) is 0 Å². The van der Waals surface area contributed by atoms with Crippen molar-refractivity contribution < 1.29 is 14.3 Å². The summed E-state index contributed by atoms with van der Waals surface area (Å²) in [6.45, 7) is 7.16. The Morgan fingerprint density at radius 1 is 1.00 bits per heavy atom. The summed E-state index contributed by atoms with van der Waals surface area (Å²) in [6.07, 6.45) is 0. The second-order valence-corrected chi connectivity index (χ2v) is 5.69. The van der Waals surface area contributed by atoms with E-state index >= 15 is 0 Å². The molecule has 25 heavy (non-hydrogen) atoms. The minimum atomic E-state index is -0.180. The second kappa shape index (κ2) is 9.08. The van der Waals surface area contributed by atoms with Gasteiger partial charge in [0.2, 0.25) is 0 Å². The first-order chi connectivity index (χ1) is 12.1. The number of carbonyl (C=O) groups excluding carboxylic acids is 1. The van der Waals surface area contributed by atoms with Gasteiger partial charge in [0, 0.05) is 17.8 Å². The Hall–Kier alpha value is -2.53. The summed E-state index contributed by atoms with van der Waals surface area (Å²) < 4.78 is 10.5. The number of ether oxygens (including phenoxy) is 2. The van der Waals surface area contributed by atoms with E-state index in [9.17, 15) is 4.79 Å². The number of hydrogen-bond acceptors (Lipinski definition) is 4. The van der Waals surface area contributed by atoms with E-state index in [-0.39, 0.29) is 5.91 Å². The van der Waals surface area contributed by atoms with Crippen LogP contribution in [0.25, 0.3) is 0 Å². The van der Waals surface area contributed by atoms with Crippen molar-refractivity contribution in [1.29, 1.82) is 0 Å². The van der Waals surface area contributed by atoms with Crippen LogP contribution in [0.15, 0.2) is 42.5 Å². The molecule has 0 saturated heterocycles. The number of anilines is 1. The van der Waals surface area contributed by atoms with Gasteiger partial charge >= 0.3 is 0 Å². The largest absolute Gasteiger partial charge is 0.493 e. The van der Waals surface area contributed by atoms with Gasteiger partial charge in [-0.2, -0.15) is 0 Å². The predicted octanol–water partition coefficient (Wildman–Crippen LogP) is 3.80. The first kappa shape index (κ1) is 18.8. The van der Waals surface area contributed by atoms with Gasteiger partial charge in [0.15, 0.2) is 11.5 Å². The van der Waals surface area contributed by atoms with E-state index in [4.69, 9.17) is 9.47 Å². The molecule has 0 saturated carbocycles. The number of benzene rings is 2. The molecule has 5 heteroatoms. The lowest BCUT2D eigenvalue weighted by molar-refractivity contribution is 0.102. The van der Waals surface area contributed by atoms with Crippen molar-refractivity contribution in [3.63, 3.8) is 0 Å². The summed E-state index contributed by atoms with van der Waals surface area (Å²) in [4.78, 5) is 14.8. The van der Waals surface area contributed by atoms with Crippen LogP contribution in [-0.4, -0.2) is 38.1 Å². The van der Waals surface area contributed by atoms with Crippen molar-refractivity contribution in [2.45, 2.75) is 20.4 Å². The molecular weight excluding hydrogens is 316 g/mol. The fraction of sp³-hybridized carbons (Fsp3) is 0.350. The van der Waals surface area contributed by atoms with Crippen LogP contribution in [0.4, 0.5) is 5.69 Å². The highest BCUT2D eigenvalue weighted by molar-refractivity contribution is 6.04. The zero-order chi connectivity index (χ0) is 18.2. The van der Waals surface area contributed by atoms with E-state index in [1.807, 2.05) is 18.2 Å². The van der Waals surface area contributed by atoms with E-state index in [1.165, 1.54) is 5.56 Å². The van der Waals surface area contributed by atoms with Crippen molar-refractivity contribution >= 4 is 11.6 Å². The van der Waals surface area contributed by atoms with Crippen LogP contribution in [0.3, 0.4) is 0 Å². The molecule has 1 N–H and O–H groups in total. The molecule has 0 bridgehead atoms. The average molecular weight is 342 g/mol. The maximum atomic E-state index is 12.5. The normalized spacial score (nSPS) is 10.6. The fourth-order valence-corrected chi connectivity index (χ4v) is 2.63. The second-order valence-electron chi connectivity index (χ2n) is 5.69. The van der Waals surface area contributed by atoms with E-state index in [0.717, 1.165) is 25.3 Å². The molecule has 2 rings (SSSR count). The highest BCUT2D eigenvalue weighted by Crippen LogP contribution is 2.28. The first-order valence-corrected chi connectivity index (χ1v) is 8.45. The molecule has 5 nitrogen and oxygen atoms in total. The number of methoxy groups -OCH3 is 2. The zero-order valence-electron chi connectivity index (χ0n) is 15.3. The van der Waals surface area contributed by atoms with Crippen LogP contribution in [0, 0.1) is 0 Å². The summed E-state index contributed by atoms with van der Waals surface area (Å²) in [5.74, 6) is 0.951. The van der Waals surface area contributed by atoms with Gasteiger partial charge in [-0.25, -0.2) is 0 Å². The number of hydrogen-bond donors (Lipinski definition) is 1. The standard InChI is InChI=1S/C20H26N2O3/c1-5-22(6-2)14-15-8-7-9-17(12-15)21-20(23)16-10-11-18(24-3)19(13-16)25-4/h7-13H,5-6,14H2,1-4H3,(H,21,23). The van der Waals surface area contributed by atoms with E-state index in [0.29, 0.717) is 17.1 Å². The molecule has 0 unspecified atom stereocenters. The van der Waals surface area contributed by atoms with Gasteiger partial charge in [-0.05, 0) is 49.0 Å². The maximum absolute atomic E-state index is 12.5. The molecule has 0 spiro atoms. The van der Waals surface area contributed by atoms with Crippen LogP contribution in [0.5, 0.6) is 11.5 Å². The van der Waals surface area contributed by atoms with E-state index < -0.39 is 0 Å². The Labute approximate surface area is 149 Å². The Balaban J connectivity index is 2.12. The van der Waals surface area contributed by atoms with Crippen LogP contribution in [0.2, 0.25) is 0 Å². The molecule has 0 fully saturated rings. The minimum Gasteiger partial charge on any atom is -0.493 e. The molecule has 1 amide bonds. The first-order valence-electron chi connectivity index (χ1n) is 8.45. The molecule has 0 aliphatic carbocycles. The predicted molar refractivity (Wildman–Crippen MR) is 101 cm³/mol. The van der Waals surface area contributed by atoms with Gasteiger partial charge < -0.3 is 14.8 Å². The number of carbonyl (C=O) groups is 1. The smallest absolute Gasteiger partial charge is 0.255 e. The summed E-state index contributed by atoms with van der Waals surface area (Å²) in [7, 11) is 3.12. The third-order valence-electron chi connectivity index (χ3n) is 4.13. The number of amides is 1. The fourth-order valence-electron chi connectivity index (χ4n) is 2.63. The van der Waals surface area contributed by atoms with Gasteiger partial charge in [0.25, 0.3) is 5.91 Å².